The third-order valence-electron chi connectivity index (χ3n) is 2.83. The molecule has 2 atom stereocenters. The van der Waals surface area contributed by atoms with Crippen LogP contribution in [-0.2, 0) is 16.4 Å². The van der Waals surface area contributed by atoms with Gasteiger partial charge in [-0.15, -0.1) is 0 Å². The molecule has 0 aromatic carbocycles. The Balaban J connectivity index is 3.05. The number of sulfone groups is 1. The molecule has 0 aliphatic carbocycles. The van der Waals surface area contributed by atoms with Gasteiger partial charge in [-0.3, -0.25) is 16.0 Å². The zero-order chi connectivity index (χ0) is 13.1. The number of nitrogens with two attached hydrogens (primary N) is 1. The van der Waals surface area contributed by atoms with Crippen molar-refractivity contribution in [2.45, 2.75) is 38.1 Å². The fourth-order valence-corrected chi connectivity index (χ4v) is 2.43. The molecule has 3 N–H and O–H groups in total. The van der Waals surface area contributed by atoms with Crippen LogP contribution in [0.2, 0.25) is 0 Å². The summed E-state index contributed by atoms with van der Waals surface area (Å²) in [5.74, 6) is 5.47. The maximum atomic E-state index is 11.6. The molecule has 0 amide bonds. The second-order valence-electron chi connectivity index (χ2n) is 4.16. The monoisotopic (exact) mass is 260 g/mol. The molecular weight excluding hydrogens is 240 g/mol. The van der Waals surface area contributed by atoms with Crippen molar-refractivity contribution in [3.8, 4) is 0 Å². The van der Waals surface area contributed by atoms with Crippen molar-refractivity contribution in [1.29, 1.82) is 0 Å². The summed E-state index contributed by atoms with van der Waals surface area (Å²) in [6.07, 6.45) is 3.80. The Kier molecular flexibility index (Phi) is 4.67. The van der Waals surface area contributed by atoms with E-state index in [1.807, 2.05) is 6.92 Å². The van der Waals surface area contributed by atoms with E-state index in [1.54, 1.807) is 23.9 Å². The van der Waals surface area contributed by atoms with Crippen LogP contribution in [0.5, 0.6) is 0 Å². The van der Waals surface area contributed by atoms with E-state index in [0.717, 1.165) is 18.7 Å². The molecule has 0 spiro atoms. The van der Waals surface area contributed by atoms with Crippen LogP contribution >= 0.6 is 0 Å². The lowest BCUT2D eigenvalue weighted by molar-refractivity contribution is 0.463. The van der Waals surface area contributed by atoms with Crippen LogP contribution in [0.3, 0.4) is 0 Å². The smallest absolute Gasteiger partial charge is 0.152 e. The van der Waals surface area contributed by atoms with Crippen molar-refractivity contribution in [1.82, 2.24) is 15.2 Å². The van der Waals surface area contributed by atoms with E-state index in [4.69, 9.17) is 5.84 Å². The minimum absolute atomic E-state index is 0.445. The predicted molar refractivity (Wildman–Crippen MR) is 66.9 cm³/mol. The molecule has 2 unspecified atom stereocenters. The van der Waals surface area contributed by atoms with Crippen molar-refractivity contribution in [2.75, 3.05) is 6.26 Å². The van der Waals surface area contributed by atoms with Gasteiger partial charge in [0.15, 0.2) is 9.84 Å². The van der Waals surface area contributed by atoms with Crippen LogP contribution in [-0.4, -0.2) is 29.7 Å². The lowest BCUT2D eigenvalue weighted by Gasteiger charge is -2.22. The summed E-state index contributed by atoms with van der Waals surface area (Å²) in [6.45, 7) is 4.43. The maximum Gasteiger partial charge on any atom is 0.152 e. The van der Waals surface area contributed by atoms with Gasteiger partial charge in [0.05, 0.1) is 17.0 Å². The first-order valence-corrected chi connectivity index (χ1v) is 7.54. The Hall–Kier alpha value is -0.920. The summed E-state index contributed by atoms with van der Waals surface area (Å²) in [7, 11) is -3.16. The van der Waals surface area contributed by atoms with Crippen LogP contribution in [0.15, 0.2) is 12.3 Å². The fraction of sp³-hybridized carbons (Fsp3) is 0.700. The van der Waals surface area contributed by atoms with Gasteiger partial charge in [0.1, 0.15) is 0 Å². The van der Waals surface area contributed by atoms with Crippen molar-refractivity contribution in [2.24, 2.45) is 5.84 Å². The van der Waals surface area contributed by atoms with Crippen molar-refractivity contribution in [3.05, 3.63) is 18.0 Å². The topological polar surface area (TPSA) is 90.0 Å². The Morgan fingerprint density at radius 3 is 2.71 bits per heavy atom. The van der Waals surface area contributed by atoms with Gasteiger partial charge in [-0.25, -0.2) is 8.42 Å². The molecule has 0 aliphatic heterocycles. The summed E-state index contributed by atoms with van der Waals surface area (Å²) in [5.41, 5.74) is 3.37. The summed E-state index contributed by atoms with van der Waals surface area (Å²) in [4.78, 5) is 0. The summed E-state index contributed by atoms with van der Waals surface area (Å²) in [6, 6.07) is 1.35. The average Bonchev–Trinajstić information content (AvgIpc) is 2.67. The normalized spacial score (nSPS) is 15.8. The van der Waals surface area contributed by atoms with E-state index in [1.165, 1.54) is 6.26 Å². The highest BCUT2D eigenvalue weighted by atomic mass is 32.2. The molecule has 7 heteroatoms. The zero-order valence-corrected chi connectivity index (χ0v) is 11.2. The Labute approximate surface area is 102 Å². The Bertz CT molecular complexity index is 455. The first-order valence-electron chi connectivity index (χ1n) is 5.58. The number of aromatic nitrogens is 2. The molecule has 0 fully saturated rings. The van der Waals surface area contributed by atoms with Crippen LogP contribution in [0, 0.1) is 0 Å². The van der Waals surface area contributed by atoms with Gasteiger partial charge in [0.25, 0.3) is 0 Å². The first kappa shape index (κ1) is 14.1. The molecule has 1 aromatic rings. The number of nitrogens with zero attached hydrogens (tertiary/aromatic N) is 2. The molecule has 0 radical (unpaired) electrons. The van der Waals surface area contributed by atoms with Gasteiger partial charge in [0, 0.05) is 19.0 Å². The second kappa shape index (κ2) is 5.61. The molecule has 1 heterocycles. The van der Waals surface area contributed by atoms with E-state index in [2.05, 4.69) is 10.5 Å². The fourth-order valence-electron chi connectivity index (χ4n) is 1.71. The van der Waals surface area contributed by atoms with Crippen LogP contribution in [0.25, 0.3) is 0 Å². The SMILES string of the molecule is CCCn1nccc1C(NN)C(C)S(C)(=O)=O. The standard InChI is InChI=1S/C10H20N4O2S/c1-4-7-14-9(5-6-12-14)10(13-11)8(2)17(3,15)16/h5-6,8,10,13H,4,7,11H2,1-3H3. The first-order chi connectivity index (χ1) is 7.91. The number of nitrogens with one attached hydrogen (secondary N) is 1. The van der Waals surface area contributed by atoms with Gasteiger partial charge >= 0.3 is 0 Å². The van der Waals surface area contributed by atoms with Gasteiger partial charge in [-0.2, -0.15) is 5.10 Å². The molecule has 0 saturated carbocycles. The molecule has 1 aromatic heterocycles. The Morgan fingerprint density at radius 2 is 2.24 bits per heavy atom. The van der Waals surface area contributed by atoms with Gasteiger partial charge in [0.2, 0.25) is 0 Å². The minimum Gasteiger partial charge on any atom is -0.271 e. The number of hydrogen-bond donors (Lipinski definition) is 2. The maximum absolute atomic E-state index is 11.6. The number of rotatable bonds is 6. The molecule has 17 heavy (non-hydrogen) atoms. The van der Waals surface area contributed by atoms with Crippen LogP contribution < -0.4 is 11.3 Å². The lowest BCUT2D eigenvalue weighted by Crippen LogP contribution is -2.40. The van der Waals surface area contributed by atoms with Crippen LogP contribution in [0.1, 0.15) is 32.0 Å². The van der Waals surface area contributed by atoms with Gasteiger partial charge < -0.3 is 0 Å². The number of hydrogen-bond acceptors (Lipinski definition) is 5. The number of aryl methyl sites for hydroxylation is 1. The average molecular weight is 260 g/mol. The lowest BCUT2D eigenvalue weighted by atomic mass is 10.1. The highest BCUT2D eigenvalue weighted by molar-refractivity contribution is 7.91. The summed E-state index contributed by atoms with van der Waals surface area (Å²) < 4.78 is 24.9. The summed E-state index contributed by atoms with van der Waals surface area (Å²) >= 11 is 0. The predicted octanol–water partition coefficient (Wildman–Crippen LogP) is 0.231. The highest BCUT2D eigenvalue weighted by Crippen LogP contribution is 2.20. The second-order valence-corrected chi connectivity index (χ2v) is 6.56. The summed E-state index contributed by atoms with van der Waals surface area (Å²) in [5, 5.41) is 3.57. The van der Waals surface area contributed by atoms with Crippen molar-refractivity contribution < 1.29 is 8.42 Å². The minimum atomic E-state index is -3.16. The highest BCUT2D eigenvalue weighted by Gasteiger charge is 2.28. The zero-order valence-electron chi connectivity index (χ0n) is 10.4. The molecule has 0 aliphatic rings. The third kappa shape index (κ3) is 3.27. The molecular formula is C10H20N4O2S. The molecule has 98 valence electrons. The molecule has 0 saturated heterocycles. The third-order valence-corrected chi connectivity index (χ3v) is 4.45. The van der Waals surface area contributed by atoms with Crippen molar-refractivity contribution in [3.63, 3.8) is 0 Å². The van der Waals surface area contributed by atoms with Gasteiger partial charge in [-0.05, 0) is 19.4 Å². The van der Waals surface area contributed by atoms with E-state index >= 15 is 0 Å². The van der Waals surface area contributed by atoms with E-state index in [-0.39, 0.29) is 0 Å². The Morgan fingerprint density at radius 1 is 1.59 bits per heavy atom. The van der Waals surface area contributed by atoms with Crippen LogP contribution in [0.4, 0.5) is 0 Å². The largest absolute Gasteiger partial charge is 0.271 e. The van der Waals surface area contributed by atoms with Crippen molar-refractivity contribution >= 4 is 9.84 Å². The van der Waals surface area contributed by atoms with E-state index in [0.29, 0.717) is 0 Å². The van der Waals surface area contributed by atoms with Gasteiger partial charge in [-0.1, -0.05) is 6.92 Å². The quantitative estimate of drug-likeness (QED) is 0.564. The molecule has 6 nitrogen and oxygen atoms in total. The van der Waals surface area contributed by atoms with E-state index < -0.39 is 21.1 Å². The van der Waals surface area contributed by atoms with E-state index in [9.17, 15) is 8.42 Å². The number of hydrazine groups is 1. The molecule has 1 rings (SSSR count). The molecule has 0 bridgehead atoms.